The van der Waals surface area contributed by atoms with Crippen LogP contribution in [0, 0.1) is 0 Å². The van der Waals surface area contributed by atoms with Gasteiger partial charge in [0.2, 0.25) is 0 Å². The van der Waals surface area contributed by atoms with E-state index in [4.69, 9.17) is 0 Å². The van der Waals surface area contributed by atoms with Crippen molar-refractivity contribution in [1.82, 2.24) is 10.2 Å². The summed E-state index contributed by atoms with van der Waals surface area (Å²) in [5.41, 5.74) is 1.69. The van der Waals surface area contributed by atoms with Gasteiger partial charge in [0.05, 0.1) is 0 Å². The Hall–Kier alpha value is -0.380. The minimum atomic E-state index is 0.284. The second-order valence-corrected chi connectivity index (χ2v) is 7.25. The maximum atomic E-state index is 3.83. The smallest absolute Gasteiger partial charge is 0.0324 e. The molecule has 0 saturated carbocycles. The minimum absolute atomic E-state index is 0.284. The molecule has 1 heterocycles. The molecule has 0 radical (unpaired) electrons. The third-order valence-electron chi connectivity index (χ3n) is 5.32. The quantitative estimate of drug-likeness (QED) is 0.822. The van der Waals surface area contributed by atoms with Gasteiger partial charge in [-0.1, -0.05) is 48.8 Å². The third kappa shape index (κ3) is 3.69. The zero-order chi connectivity index (χ0) is 15.5. The lowest BCUT2D eigenvalue weighted by atomic mass is 9.86. The fraction of sp³-hybridized carbons (Fsp3) is 0.667. The number of nitrogens with zero attached hydrogens (tertiary/aromatic N) is 1. The van der Waals surface area contributed by atoms with Crippen molar-refractivity contribution in [3.8, 4) is 0 Å². The van der Waals surface area contributed by atoms with E-state index < -0.39 is 0 Å². The van der Waals surface area contributed by atoms with Gasteiger partial charge in [0.1, 0.15) is 0 Å². The second kappa shape index (κ2) is 7.26. The molecule has 1 aromatic carbocycles. The van der Waals surface area contributed by atoms with Gasteiger partial charge in [0, 0.05) is 35.2 Å². The number of hydrogen-bond acceptors (Lipinski definition) is 2. The zero-order valence-electron chi connectivity index (χ0n) is 13.8. The summed E-state index contributed by atoms with van der Waals surface area (Å²) in [6.07, 6.45) is 3.60. The van der Waals surface area contributed by atoms with Crippen LogP contribution in [0.5, 0.6) is 0 Å². The Labute approximate surface area is 138 Å². The lowest BCUT2D eigenvalue weighted by Crippen LogP contribution is -2.63. The molecule has 0 aliphatic carbocycles. The molecular weight excluding hydrogens is 324 g/mol. The Morgan fingerprint density at radius 3 is 2.62 bits per heavy atom. The Morgan fingerprint density at radius 1 is 1.33 bits per heavy atom. The van der Waals surface area contributed by atoms with E-state index in [-0.39, 0.29) is 5.54 Å². The molecule has 21 heavy (non-hydrogen) atoms. The predicted octanol–water partition coefficient (Wildman–Crippen LogP) is 4.75. The van der Waals surface area contributed by atoms with E-state index in [1.165, 1.54) is 29.3 Å². The Kier molecular flexibility index (Phi) is 5.87. The molecule has 0 bridgehead atoms. The average Bonchev–Trinajstić information content (AvgIpc) is 2.53. The minimum Gasteiger partial charge on any atom is -0.308 e. The molecule has 2 nitrogen and oxygen atoms in total. The SMILES string of the molecule is CCC1CNC(CC)(CC)CN1C(C)c1cccc(Br)c1. The zero-order valence-corrected chi connectivity index (χ0v) is 15.4. The largest absolute Gasteiger partial charge is 0.308 e. The summed E-state index contributed by atoms with van der Waals surface area (Å²) in [4.78, 5) is 2.71. The molecular formula is C18H29BrN2. The molecule has 1 aliphatic rings. The Morgan fingerprint density at radius 2 is 2.05 bits per heavy atom. The molecule has 2 unspecified atom stereocenters. The van der Waals surface area contributed by atoms with Gasteiger partial charge >= 0.3 is 0 Å². The van der Waals surface area contributed by atoms with Crippen LogP contribution < -0.4 is 5.32 Å². The molecule has 2 rings (SSSR count). The lowest BCUT2D eigenvalue weighted by Gasteiger charge is -2.50. The Balaban J connectivity index is 2.24. The van der Waals surface area contributed by atoms with Crippen molar-refractivity contribution < 1.29 is 0 Å². The first-order valence-corrected chi connectivity index (χ1v) is 9.10. The highest BCUT2D eigenvalue weighted by Crippen LogP contribution is 2.32. The van der Waals surface area contributed by atoms with Gasteiger partial charge in [-0.25, -0.2) is 0 Å². The van der Waals surface area contributed by atoms with E-state index in [1.54, 1.807) is 0 Å². The maximum absolute atomic E-state index is 3.83. The van der Waals surface area contributed by atoms with Crippen molar-refractivity contribution in [2.75, 3.05) is 13.1 Å². The normalized spacial score (nSPS) is 24.0. The van der Waals surface area contributed by atoms with Crippen molar-refractivity contribution in [2.24, 2.45) is 0 Å². The van der Waals surface area contributed by atoms with E-state index in [9.17, 15) is 0 Å². The van der Waals surface area contributed by atoms with Crippen LogP contribution in [0.25, 0.3) is 0 Å². The van der Waals surface area contributed by atoms with Crippen molar-refractivity contribution in [2.45, 2.75) is 64.6 Å². The number of benzene rings is 1. The third-order valence-corrected chi connectivity index (χ3v) is 5.81. The summed E-state index contributed by atoms with van der Waals surface area (Å²) >= 11 is 3.61. The van der Waals surface area contributed by atoms with Gasteiger partial charge in [0.25, 0.3) is 0 Å². The van der Waals surface area contributed by atoms with E-state index >= 15 is 0 Å². The summed E-state index contributed by atoms with van der Waals surface area (Å²) in [5, 5.41) is 3.83. The molecule has 118 valence electrons. The van der Waals surface area contributed by atoms with Gasteiger partial charge in [-0.05, 0) is 43.9 Å². The second-order valence-electron chi connectivity index (χ2n) is 6.33. The summed E-state index contributed by atoms with van der Waals surface area (Å²) in [7, 11) is 0. The monoisotopic (exact) mass is 352 g/mol. The fourth-order valence-electron chi connectivity index (χ4n) is 3.50. The first-order chi connectivity index (χ1) is 10.0. The Bertz CT molecular complexity index is 456. The van der Waals surface area contributed by atoms with Crippen LogP contribution in [0.4, 0.5) is 0 Å². The van der Waals surface area contributed by atoms with E-state index in [2.05, 4.69) is 78.1 Å². The number of rotatable bonds is 5. The lowest BCUT2D eigenvalue weighted by molar-refractivity contribution is 0.0400. The molecule has 1 N–H and O–H groups in total. The molecule has 3 heteroatoms. The van der Waals surface area contributed by atoms with Crippen LogP contribution in [0.1, 0.15) is 58.6 Å². The predicted molar refractivity (Wildman–Crippen MR) is 94.7 cm³/mol. The first kappa shape index (κ1) is 17.0. The highest BCUT2D eigenvalue weighted by atomic mass is 79.9. The van der Waals surface area contributed by atoms with Crippen LogP contribution in [0.15, 0.2) is 28.7 Å². The van der Waals surface area contributed by atoms with Crippen molar-refractivity contribution in [3.05, 3.63) is 34.3 Å². The standard InChI is InChI=1S/C18H29BrN2/c1-5-17-12-20-18(6-2,7-3)13-21(17)14(4)15-9-8-10-16(19)11-15/h8-11,14,17,20H,5-7,12-13H2,1-4H3. The number of hydrogen-bond donors (Lipinski definition) is 1. The highest BCUT2D eigenvalue weighted by Gasteiger charge is 2.38. The maximum Gasteiger partial charge on any atom is 0.0324 e. The van der Waals surface area contributed by atoms with Crippen LogP contribution in [-0.2, 0) is 0 Å². The van der Waals surface area contributed by atoms with Crippen LogP contribution in [-0.4, -0.2) is 29.6 Å². The van der Waals surface area contributed by atoms with Gasteiger partial charge in [0.15, 0.2) is 0 Å². The number of halogens is 1. The molecule has 1 saturated heterocycles. The molecule has 1 fully saturated rings. The van der Waals surface area contributed by atoms with Crippen LogP contribution in [0.3, 0.4) is 0 Å². The summed E-state index contributed by atoms with van der Waals surface area (Å²) in [5.74, 6) is 0. The van der Waals surface area contributed by atoms with E-state index in [1.807, 2.05) is 0 Å². The summed E-state index contributed by atoms with van der Waals surface area (Å²) < 4.78 is 1.17. The average molecular weight is 353 g/mol. The van der Waals surface area contributed by atoms with E-state index in [0.717, 1.165) is 13.1 Å². The van der Waals surface area contributed by atoms with Crippen LogP contribution >= 0.6 is 15.9 Å². The van der Waals surface area contributed by atoms with Gasteiger partial charge in [-0.2, -0.15) is 0 Å². The molecule has 0 aromatic heterocycles. The molecule has 1 aromatic rings. The van der Waals surface area contributed by atoms with E-state index in [0.29, 0.717) is 12.1 Å². The fourth-order valence-corrected chi connectivity index (χ4v) is 3.92. The topological polar surface area (TPSA) is 15.3 Å². The molecule has 2 atom stereocenters. The summed E-state index contributed by atoms with van der Waals surface area (Å²) in [6.45, 7) is 11.5. The van der Waals surface area contributed by atoms with Gasteiger partial charge in [-0.3, -0.25) is 4.90 Å². The van der Waals surface area contributed by atoms with Crippen molar-refractivity contribution >= 4 is 15.9 Å². The van der Waals surface area contributed by atoms with Crippen molar-refractivity contribution in [1.29, 1.82) is 0 Å². The van der Waals surface area contributed by atoms with Crippen molar-refractivity contribution in [3.63, 3.8) is 0 Å². The molecule has 0 spiro atoms. The highest BCUT2D eigenvalue weighted by molar-refractivity contribution is 9.10. The molecule has 0 amide bonds. The number of piperazine rings is 1. The summed E-state index contributed by atoms with van der Waals surface area (Å²) in [6, 6.07) is 9.86. The van der Waals surface area contributed by atoms with Gasteiger partial charge < -0.3 is 5.32 Å². The molecule has 1 aliphatic heterocycles. The first-order valence-electron chi connectivity index (χ1n) is 8.31. The number of nitrogens with one attached hydrogen (secondary N) is 1. The van der Waals surface area contributed by atoms with Gasteiger partial charge in [-0.15, -0.1) is 0 Å². The van der Waals surface area contributed by atoms with Crippen LogP contribution in [0.2, 0.25) is 0 Å².